The van der Waals surface area contributed by atoms with E-state index in [1.807, 2.05) is 6.07 Å². The zero-order valence-corrected chi connectivity index (χ0v) is 24.5. The summed E-state index contributed by atoms with van der Waals surface area (Å²) < 4.78 is 59.8. The number of para-hydroxylation sites is 1. The molecule has 0 saturated heterocycles. The van der Waals surface area contributed by atoms with Gasteiger partial charge in [-0.15, -0.1) is 33.3 Å². The Balaban J connectivity index is 1.65. The summed E-state index contributed by atoms with van der Waals surface area (Å²) in [5.41, 5.74) is 1.51. The Kier molecular flexibility index (Phi) is 8.48. The van der Waals surface area contributed by atoms with Crippen LogP contribution in [0, 0.1) is 0 Å². The van der Waals surface area contributed by atoms with E-state index in [1.165, 1.54) is 44.4 Å². The maximum absolute atomic E-state index is 14.2. The number of rotatable bonds is 8. The van der Waals surface area contributed by atoms with E-state index in [1.54, 1.807) is 36.5 Å². The van der Waals surface area contributed by atoms with Gasteiger partial charge in [-0.05, 0) is 36.2 Å². The monoisotopic (exact) mass is 624 g/mol. The number of halogens is 4. The Hall–Kier alpha value is -3.29. The molecular weight excluding hydrogens is 601 g/mol. The lowest BCUT2D eigenvalue weighted by atomic mass is 10.0. The number of benzene rings is 2. The third-order valence-electron chi connectivity index (χ3n) is 6.52. The molecule has 0 radical (unpaired) electrons. The highest BCUT2D eigenvalue weighted by atomic mass is 35.5. The number of hydrogen-bond acceptors (Lipinski definition) is 9. The van der Waals surface area contributed by atoms with Crippen molar-refractivity contribution in [2.75, 3.05) is 21.3 Å². The molecule has 2 atom stereocenters. The van der Waals surface area contributed by atoms with Gasteiger partial charge in [0.05, 0.1) is 48.9 Å². The van der Waals surface area contributed by atoms with Gasteiger partial charge in [0.1, 0.15) is 0 Å². The first-order valence-electron chi connectivity index (χ1n) is 12.3. The Labute approximate surface area is 246 Å². The number of fused-ring (bicyclic) bond motifs is 3. The van der Waals surface area contributed by atoms with Crippen molar-refractivity contribution in [2.45, 2.75) is 35.9 Å². The van der Waals surface area contributed by atoms with E-state index < -0.39 is 22.5 Å². The Bertz CT molecular complexity index is 1580. The molecular formula is C27H24ClF3N4O4S2. The van der Waals surface area contributed by atoms with Gasteiger partial charge in [0, 0.05) is 28.1 Å². The Morgan fingerprint density at radius 1 is 1.10 bits per heavy atom. The van der Waals surface area contributed by atoms with Crippen molar-refractivity contribution < 1.29 is 32.2 Å². The predicted octanol–water partition coefficient (Wildman–Crippen LogP) is 6.64. The highest BCUT2D eigenvalue weighted by Gasteiger charge is 2.43. The topological polar surface area (TPSA) is 88.4 Å². The van der Waals surface area contributed by atoms with Crippen molar-refractivity contribution in [3.63, 3.8) is 0 Å². The molecule has 0 fully saturated rings. The summed E-state index contributed by atoms with van der Waals surface area (Å²) in [4.78, 5) is 17.0. The van der Waals surface area contributed by atoms with Crippen LogP contribution in [0.15, 0.2) is 42.6 Å². The molecule has 2 aromatic heterocycles. The van der Waals surface area contributed by atoms with E-state index in [2.05, 4.69) is 15.2 Å². The molecule has 0 aliphatic carbocycles. The minimum Gasteiger partial charge on any atom is -0.493 e. The van der Waals surface area contributed by atoms with Gasteiger partial charge >= 0.3 is 12.1 Å². The number of aromatic nitrogens is 4. The molecule has 0 bridgehead atoms. The summed E-state index contributed by atoms with van der Waals surface area (Å²) in [5.74, 6) is -0.372. The zero-order chi connectivity index (χ0) is 29.3. The van der Waals surface area contributed by atoms with E-state index in [0.717, 1.165) is 9.44 Å². The Morgan fingerprint density at radius 3 is 2.61 bits per heavy atom. The van der Waals surface area contributed by atoms with Crippen molar-refractivity contribution in [1.82, 2.24) is 19.7 Å². The standard InChI is InChI=1S/C27H24ClF3N4O4S2/c1-37-19-6-4-5-16(23(19)39-3)24-17-11-14(28)7-9-18(17)35-25(33-34-26(35)27(29,30)31)20(41-24)12-21-32-13-15(40-21)8-10-22(36)38-2/h4-7,9,11,13,20,24H,8,10,12H2,1-3H3. The van der Waals surface area contributed by atoms with Crippen LogP contribution >= 0.6 is 34.7 Å². The molecule has 0 saturated carbocycles. The number of thiazole rings is 1. The fraction of sp³-hybridized carbons (Fsp3) is 0.333. The van der Waals surface area contributed by atoms with Gasteiger partial charge in [-0.3, -0.25) is 9.36 Å². The van der Waals surface area contributed by atoms with Gasteiger partial charge in [-0.25, -0.2) is 4.98 Å². The van der Waals surface area contributed by atoms with Crippen LogP contribution in [0.25, 0.3) is 5.69 Å². The molecule has 3 heterocycles. The van der Waals surface area contributed by atoms with Gasteiger partial charge in [-0.2, -0.15) is 13.2 Å². The van der Waals surface area contributed by atoms with Crippen LogP contribution in [0.4, 0.5) is 13.2 Å². The van der Waals surface area contributed by atoms with E-state index in [0.29, 0.717) is 39.1 Å². The number of esters is 1. The molecule has 0 spiro atoms. The summed E-state index contributed by atoms with van der Waals surface area (Å²) in [6, 6.07) is 10.2. The molecule has 0 N–H and O–H groups in total. The van der Waals surface area contributed by atoms with Crippen molar-refractivity contribution in [3.05, 3.63) is 80.3 Å². The number of ether oxygens (including phenoxy) is 3. The number of carbonyl (C=O) groups is 1. The summed E-state index contributed by atoms with van der Waals surface area (Å²) in [6.07, 6.45) is -2.16. The predicted molar refractivity (Wildman–Crippen MR) is 149 cm³/mol. The van der Waals surface area contributed by atoms with Crippen molar-refractivity contribution in [3.8, 4) is 17.2 Å². The molecule has 14 heteroatoms. The van der Waals surface area contributed by atoms with Gasteiger partial charge in [0.25, 0.3) is 0 Å². The van der Waals surface area contributed by atoms with E-state index in [4.69, 9.17) is 25.8 Å². The Morgan fingerprint density at radius 2 is 1.90 bits per heavy atom. The highest BCUT2D eigenvalue weighted by Crippen LogP contribution is 2.54. The van der Waals surface area contributed by atoms with Crippen LogP contribution in [-0.2, 0) is 28.5 Å². The fourth-order valence-electron chi connectivity index (χ4n) is 4.71. The van der Waals surface area contributed by atoms with Crippen LogP contribution < -0.4 is 9.47 Å². The molecule has 0 amide bonds. The normalized spacial score (nSPS) is 16.5. The van der Waals surface area contributed by atoms with Gasteiger partial charge < -0.3 is 14.2 Å². The second-order valence-corrected chi connectivity index (χ2v) is 12.0. The molecule has 2 aromatic carbocycles. The lowest BCUT2D eigenvalue weighted by molar-refractivity contribution is -0.146. The van der Waals surface area contributed by atoms with Crippen molar-refractivity contribution in [1.29, 1.82) is 0 Å². The third kappa shape index (κ3) is 5.88. The number of carbonyl (C=O) groups excluding carboxylic acids is 1. The molecule has 5 rings (SSSR count). The minimum absolute atomic E-state index is 0.140. The van der Waals surface area contributed by atoms with Crippen LogP contribution in [0.2, 0.25) is 5.02 Å². The van der Waals surface area contributed by atoms with E-state index >= 15 is 0 Å². The second-order valence-electron chi connectivity index (χ2n) is 9.01. The number of methoxy groups -OCH3 is 3. The number of nitrogens with zero attached hydrogens (tertiary/aromatic N) is 4. The average Bonchev–Trinajstić information content (AvgIpc) is 3.58. The number of alkyl halides is 3. The quantitative estimate of drug-likeness (QED) is 0.202. The highest BCUT2D eigenvalue weighted by molar-refractivity contribution is 8.00. The van der Waals surface area contributed by atoms with Gasteiger partial charge in [-0.1, -0.05) is 23.7 Å². The fourth-order valence-corrected chi connectivity index (χ4v) is 7.48. The maximum atomic E-state index is 14.2. The van der Waals surface area contributed by atoms with Crippen LogP contribution in [-0.4, -0.2) is 47.0 Å². The lowest BCUT2D eigenvalue weighted by Crippen LogP contribution is -2.16. The summed E-state index contributed by atoms with van der Waals surface area (Å²) in [7, 11) is 4.36. The van der Waals surface area contributed by atoms with Crippen molar-refractivity contribution in [2.24, 2.45) is 0 Å². The van der Waals surface area contributed by atoms with Crippen LogP contribution in [0.1, 0.15) is 49.6 Å². The molecule has 8 nitrogen and oxygen atoms in total. The summed E-state index contributed by atoms with van der Waals surface area (Å²) in [5, 5.41) is 7.59. The molecule has 1 aliphatic rings. The molecule has 4 aromatic rings. The molecule has 216 valence electrons. The first kappa shape index (κ1) is 29.2. The zero-order valence-electron chi connectivity index (χ0n) is 22.1. The first-order valence-corrected chi connectivity index (χ1v) is 14.5. The summed E-state index contributed by atoms with van der Waals surface area (Å²) in [6.45, 7) is 0. The third-order valence-corrected chi connectivity index (χ3v) is 9.32. The van der Waals surface area contributed by atoms with Gasteiger partial charge in [0.15, 0.2) is 17.3 Å². The number of thioether (sulfide) groups is 1. The average molecular weight is 625 g/mol. The largest absolute Gasteiger partial charge is 0.493 e. The second kappa shape index (κ2) is 11.9. The maximum Gasteiger partial charge on any atom is 0.452 e. The molecule has 41 heavy (non-hydrogen) atoms. The molecule has 2 unspecified atom stereocenters. The van der Waals surface area contributed by atoms with Crippen molar-refractivity contribution >= 4 is 40.7 Å². The first-order chi connectivity index (χ1) is 19.6. The SMILES string of the molecule is COC(=O)CCc1cnc(CC2SC(c3cccc(OC)c3OC)c3cc(Cl)ccc3-n3c2nnc3C(F)(F)F)s1. The number of aryl methyl sites for hydroxylation is 1. The number of hydrogen-bond donors (Lipinski definition) is 0. The lowest BCUT2D eigenvalue weighted by Gasteiger charge is -2.23. The van der Waals surface area contributed by atoms with Gasteiger partial charge in [0.2, 0.25) is 5.82 Å². The van der Waals surface area contributed by atoms with Crippen LogP contribution in [0.5, 0.6) is 11.5 Å². The van der Waals surface area contributed by atoms with E-state index in [-0.39, 0.29) is 30.3 Å². The van der Waals surface area contributed by atoms with Crippen LogP contribution in [0.3, 0.4) is 0 Å². The smallest absolute Gasteiger partial charge is 0.452 e. The summed E-state index contributed by atoms with van der Waals surface area (Å²) >= 11 is 9.21. The molecule has 1 aliphatic heterocycles. The van der Waals surface area contributed by atoms with E-state index in [9.17, 15) is 18.0 Å². The minimum atomic E-state index is -4.76.